The van der Waals surface area contributed by atoms with Gasteiger partial charge in [-0.2, -0.15) is 0 Å². The minimum absolute atomic E-state index is 0.419. The van der Waals surface area contributed by atoms with Crippen LogP contribution >= 0.6 is 0 Å². The molecule has 0 amide bonds. The van der Waals surface area contributed by atoms with Crippen LogP contribution in [0.2, 0.25) is 0 Å². The zero-order chi connectivity index (χ0) is 16.8. The van der Waals surface area contributed by atoms with Crippen LogP contribution in [0.15, 0.2) is 24.8 Å². The van der Waals surface area contributed by atoms with Gasteiger partial charge < -0.3 is 4.57 Å². The number of likely N-dealkylation sites (tertiary alicyclic amines) is 1. The molecule has 0 bridgehead atoms. The van der Waals surface area contributed by atoms with Crippen molar-refractivity contribution in [3.63, 3.8) is 0 Å². The molecule has 5 rings (SSSR count). The topological polar surface area (TPSA) is 51.2 Å². The number of aromatic nitrogens is 5. The maximum Gasteiger partial charge on any atom is 0.155 e. The number of imidazole rings is 2. The van der Waals surface area contributed by atoms with Gasteiger partial charge in [0.1, 0.15) is 5.82 Å². The second-order valence-corrected chi connectivity index (χ2v) is 7.31. The summed E-state index contributed by atoms with van der Waals surface area (Å²) < 4.78 is 4.53. The van der Waals surface area contributed by atoms with E-state index in [9.17, 15) is 0 Å². The summed E-state index contributed by atoms with van der Waals surface area (Å²) in [6.07, 6.45) is 15.0. The Morgan fingerprint density at radius 3 is 3.00 bits per heavy atom. The van der Waals surface area contributed by atoms with E-state index < -0.39 is 0 Å². The summed E-state index contributed by atoms with van der Waals surface area (Å²) in [6, 6.07) is 0.419. The standard InChI is InChI=1S/C19H24N6/c1-23-16-6-3-2-5-15(16)22-19(23)17-7-4-9-24(17)13-14-11-21-18-12-20-8-10-25(14)18/h8,10-12,17H,2-7,9,13H2,1H3/t17-/m1/s1. The van der Waals surface area contributed by atoms with Gasteiger partial charge >= 0.3 is 0 Å². The highest BCUT2D eigenvalue weighted by atomic mass is 15.2. The molecule has 0 aromatic carbocycles. The Balaban J connectivity index is 1.45. The lowest BCUT2D eigenvalue weighted by atomic mass is 10.0. The molecule has 4 heterocycles. The van der Waals surface area contributed by atoms with Crippen LogP contribution in [0, 0.1) is 0 Å². The van der Waals surface area contributed by atoms with Crippen molar-refractivity contribution in [1.29, 1.82) is 0 Å². The monoisotopic (exact) mass is 336 g/mol. The van der Waals surface area contributed by atoms with Gasteiger partial charge in [0, 0.05) is 31.7 Å². The highest BCUT2D eigenvalue weighted by Gasteiger charge is 2.31. The molecule has 6 nitrogen and oxygen atoms in total. The maximum atomic E-state index is 5.06. The zero-order valence-corrected chi connectivity index (χ0v) is 14.7. The first-order chi connectivity index (χ1) is 12.3. The van der Waals surface area contributed by atoms with E-state index in [2.05, 4.69) is 30.9 Å². The van der Waals surface area contributed by atoms with Crippen molar-refractivity contribution in [1.82, 2.24) is 28.8 Å². The van der Waals surface area contributed by atoms with E-state index >= 15 is 0 Å². The number of hydrogen-bond acceptors (Lipinski definition) is 4. The maximum absolute atomic E-state index is 5.06. The number of nitrogens with zero attached hydrogens (tertiary/aromatic N) is 6. The average Bonchev–Trinajstić information content (AvgIpc) is 3.34. The van der Waals surface area contributed by atoms with E-state index in [0.717, 1.165) is 25.2 Å². The fourth-order valence-electron chi connectivity index (χ4n) is 4.53. The first kappa shape index (κ1) is 15.1. The van der Waals surface area contributed by atoms with Crippen molar-refractivity contribution in [3.8, 4) is 0 Å². The average molecular weight is 336 g/mol. The molecule has 0 spiro atoms. The van der Waals surface area contributed by atoms with Gasteiger partial charge in [-0.3, -0.25) is 14.3 Å². The van der Waals surface area contributed by atoms with Crippen molar-refractivity contribution in [2.45, 2.75) is 51.1 Å². The van der Waals surface area contributed by atoms with Crippen LogP contribution in [-0.2, 0) is 26.4 Å². The number of rotatable bonds is 3. The lowest BCUT2D eigenvalue weighted by Crippen LogP contribution is -2.25. The van der Waals surface area contributed by atoms with Crippen molar-refractivity contribution in [2.75, 3.05) is 6.54 Å². The van der Waals surface area contributed by atoms with Crippen molar-refractivity contribution in [2.24, 2.45) is 7.05 Å². The summed E-state index contributed by atoms with van der Waals surface area (Å²) in [5.74, 6) is 1.26. The van der Waals surface area contributed by atoms with Gasteiger partial charge in [-0.15, -0.1) is 0 Å². The summed E-state index contributed by atoms with van der Waals surface area (Å²) in [4.78, 5) is 16.3. The molecule has 1 aliphatic heterocycles. The molecular formula is C19H24N6. The summed E-state index contributed by atoms with van der Waals surface area (Å²) >= 11 is 0. The molecule has 0 unspecified atom stereocenters. The lowest BCUT2D eigenvalue weighted by Gasteiger charge is -2.24. The molecule has 0 saturated carbocycles. The quantitative estimate of drug-likeness (QED) is 0.738. The van der Waals surface area contributed by atoms with Gasteiger partial charge in [-0.25, -0.2) is 9.97 Å². The largest absolute Gasteiger partial charge is 0.334 e. The van der Waals surface area contributed by atoms with E-state index in [1.807, 2.05) is 24.8 Å². The predicted molar refractivity (Wildman–Crippen MR) is 95.2 cm³/mol. The van der Waals surface area contributed by atoms with E-state index in [1.165, 1.54) is 55.0 Å². The lowest BCUT2D eigenvalue weighted by molar-refractivity contribution is 0.233. The molecular weight excluding hydrogens is 312 g/mol. The van der Waals surface area contributed by atoms with Gasteiger partial charge in [0.2, 0.25) is 0 Å². The van der Waals surface area contributed by atoms with Crippen LogP contribution in [0.4, 0.5) is 0 Å². The zero-order valence-electron chi connectivity index (χ0n) is 14.7. The van der Waals surface area contributed by atoms with E-state index in [0.29, 0.717) is 6.04 Å². The minimum Gasteiger partial charge on any atom is -0.334 e. The summed E-state index contributed by atoms with van der Waals surface area (Å²) in [7, 11) is 2.21. The molecule has 0 N–H and O–H groups in total. The molecule has 1 aliphatic carbocycles. The summed E-state index contributed by atoms with van der Waals surface area (Å²) in [5, 5.41) is 0. The van der Waals surface area contributed by atoms with Crippen LogP contribution in [-0.4, -0.2) is 35.4 Å². The van der Waals surface area contributed by atoms with Crippen LogP contribution in [0.25, 0.3) is 5.65 Å². The second kappa shape index (κ2) is 5.95. The molecule has 2 aliphatic rings. The van der Waals surface area contributed by atoms with Gasteiger partial charge in [-0.05, 0) is 45.1 Å². The SMILES string of the molecule is Cn1c([C@H]2CCCN2Cc2cnc3cnccn23)nc2c1CCCC2. The van der Waals surface area contributed by atoms with Gasteiger partial charge in [-0.1, -0.05) is 0 Å². The van der Waals surface area contributed by atoms with Crippen molar-refractivity contribution >= 4 is 5.65 Å². The van der Waals surface area contributed by atoms with Gasteiger partial charge in [0.05, 0.1) is 29.8 Å². The van der Waals surface area contributed by atoms with Crippen LogP contribution in [0.5, 0.6) is 0 Å². The number of fused-ring (bicyclic) bond motifs is 2. The molecule has 25 heavy (non-hydrogen) atoms. The van der Waals surface area contributed by atoms with Gasteiger partial charge in [0.25, 0.3) is 0 Å². The highest BCUT2D eigenvalue weighted by Crippen LogP contribution is 2.34. The Labute approximate surface area is 147 Å². The molecule has 1 saturated heterocycles. The fourth-order valence-corrected chi connectivity index (χ4v) is 4.53. The third-order valence-electron chi connectivity index (χ3n) is 5.83. The fraction of sp³-hybridized carbons (Fsp3) is 0.526. The Hall–Kier alpha value is -2.21. The molecule has 1 fully saturated rings. The smallest absolute Gasteiger partial charge is 0.155 e. The normalized spacial score (nSPS) is 21.1. The summed E-state index contributed by atoms with van der Waals surface area (Å²) in [5.41, 5.74) is 4.95. The molecule has 3 aromatic heterocycles. The molecule has 130 valence electrons. The van der Waals surface area contributed by atoms with Crippen molar-refractivity contribution in [3.05, 3.63) is 47.7 Å². The molecule has 1 atom stereocenters. The predicted octanol–water partition coefficient (Wildman–Crippen LogP) is 2.68. The van der Waals surface area contributed by atoms with E-state index in [4.69, 9.17) is 4.98 Å². The Bertz CT molecular complexity index is 908. The number of aryl methyl sites for hydroxylation is 1. The third kappa shape index (κ3) is 2.47. The number of hydrogen-bond donors (Lipinski definition) is 0. The Kier molecular flexibility index (Phi) is 3.59. The second-order valence-electron chi connectivity index (χ2n) is 7.31. The van der Waals surface area contributed by atoms with E-state index in [-0.39, 0.29) is 0 Å². The van der Waals surface area contributed by atoms with Crippen LogP contribution < -0.4 is 0 Å². The third-order valence-corrected chi connectivity index (χ3v) is 5.83. The Morgan fingerprint density at radius 2 is 2.08 bits per heavy atom. The van der Waals surface area contributed by atoms with Crippen molar-refractivity contribution < 1.29 is 0 Å². The molecule has 0 radical (unpaired) electrons. The van der Waals surface area contributed by atoms with Crippen LogP contribution in [0.3, 0.4) is 0 Å². The summed E-state index contributed by atoms with van der Waals surface area (Å²) in [6.45, 7) is 2.04. The van der Waals surface area contributed by atoms with Gasteiger partial charge in [0.15, 0.2) is 5.65 Å². The minimum atomic E-state index is 0.419. The molecule has 3 aromatic rings. The Morgan fingerprint density at radius 1 is 1.16 bits per heavy atom. The first-order valence-corrected chi connectivity index (χ1v) is 9.35. The van der Waals surface area contributed by atoms with Crippen LogP contribution in [0.1, 0.15) is 54.6 Å². The van der Waals surface area contributed by atoms with E-state index in [1.54, 1.807) is 0 Å². The molecule has 6 heteroatoms. The first-order valence-electron chi connectivity index (χ1n) is 9.35. The highest BCUT2D eigenvalue weighted by molar-refractivity contribution is 5.37.